The lowest BCUT2D eigenvalue weighted by atomic mass is 10.3. The molecule has 118 valence electrons. The summed E-state index contributed by atoms with van der Waals surface area (Å²) in [4.78, 5) is 18.9. The van der Waals surface area contributed by atoms with E-state index in [0.717, 1.165) is 6.07 Å². The van der Waals surface area contributed by atoms with Gasteiger partial charge in [-0.05, 0) is 24.4 Å². The maximum absolute atomic E-state index is 12.9. The first-order valence-electron chi connectivity index (χ1n) is 6.18. The van der Waals surface area contributed by atoms with Crippen molar-refractivity contribution in [1.29, 1.82) is 0 Å². The Hall–Kier alpha value is -2.16. The molecule has 0 aliphatic carbocycles. The molecule has 22 heavy (non-hydrogen) atoms. The Balaban J connectivity index is 2.29. The summed E-state index contributed by atoms with van der Waals surface area (Å²) in [5, 5.41) is 1.71. The monoisotopic (exact) mass is 332 g/mol. The predicted octanol–water partition coefficient (Wildman–Crippen LogP) is 3.17. The molecular formula is C13H11F3N2O3S. The van der Waals surface area contributed by atoms with Gasteiger partial charge in [-0.2, -0.15) is 23.1 Å². The summed E-state index contributed by atoms with van der Waals surface area (Å²) in [5.41, 5.74) is -1.05. The number of rotatable bonds is 5. The Labute approximate surface area is 127 Å². The second-order valence-corrected chi connectivity index (χ2v) is 4.94. The molecular weight excluding hydrogens is 321 g/mol. The molecule has 0 atom stereocenters. The predicted molar refractivity (Wildman–Crippen MR) is 72.5 cm³/mol. The Kier molecular flexibility index (Phi) is 4.96. The van der Waals surface area contributed by atoms with Gasteiger partial charge in [0.1, 0.15) is 0 Å². The third kappa shape index (κ3) is 4.17. The summed E-state index contributed by atoms with van der Waals surface area (Å²) in [5.74, 6) is -0.707. The molecule has 2 aromatic heterocycles. The Morgan fingerprint density at radius 1 is 1.36 bits per heavy atom. The second kappa shape index (κ2) is 6.73. The zero-order valence-corrected chi connectivity index (χ0v) is 12.2. The molecule has 0 radical (unpaired) electrons. The lowest BCUT2D eigenvalue weighted by Crippen LogP contribution is -2.17. The number of nitrogens with zero attached hydrogens (tertiary/aromatic N) is 2. The standard InChI is InChI=1S/C13H11F3N2O3S/c1-2-20-11(19)7-21-12-17-8(9-4-3-5-22-9)6-10(18-12)13(14,15)16/h3-6H,2,7H2,1H3. The van der Waals surface area contributed by atoms with E-state index in [1.807, 2.05) is 0 Å². The van der Waals surface area contributed by atoms with Gasteiger partial charge in [0.05, 0.1) is 17.2 Å². The summed E-state index contributed by atoms with van der Waals surface area (Å²) in [6, 6.07) is 3.63. The van der Waals surface area contributed by atoms with Gasteiger partial charge >= 0.3 is 18.2 Å². The number of carbonyl (C=O) groups is 1. The van der Waals surface area contributed by atoms with Gasteiger partial charge < -0.3 is 9.47 Å². The van der Waals surface area contributed by atoms with E-state index in [-0.39, 0.29) is 12.3 Å². The van der Waals surface area contributed by atoms with E-state index in [4.69, 9.17) is 4.74 Å². The van der Waals surface area contributed by atoms with Crippen LogP contribution < -0.4 is 4.74 Å². The van der Waals surface area contributed by atoms with Crippen LogP contribution in [0.3, 0.4) is 0 Å². The zero-order chi connectivity index (χ0) is 16.2. The second-order valence-electron chi connectivity index (χ2n) is 3.99. The topological polar surface area (TPSA) is 61.3 Å². The van der Waals surface area contributed by atoms with Crippen LogP contribution in [0.1, 0.15) is 12.6 Å². The van der Waals surface area contributed by atoms with Crippen molar-refractivity contribution in [1.82, 2.24) is 9.97 Å². The van der Waals surface area contributed by atoms with Gasteiger partial charge in [-0.3, -0.25) is 0 Å². The first-order chi connectivity index (χ1) is 10.4. The fraction of sp³-hybridized carbons (Fsp3) is 0.308. The molecule has 0 amide bonds. The van der Waals surface area contributed by atoms with Crippen LogP contribution in [0.4, 0.5) is 13.2 Å². The van der Waals surface area contributed by atoms with Gasteiger partial charge in [0, 0.05) is 0 Å². The minimum atomic E-state index is -4.64. The van der Waals surface area contributed by atoms with Crippen LogP contribution in [-0.2, 0) is 15.7 Å². The van der Waals surface area contributed by atoms with Crippen molar-refractivity contribution in [2.24, 2.45) is 0 Å². The van der Waals surface area contributed by atoms with Crippen molar-refractivity contribution < 1.29 is 27.4 Å². The molecule has 0 unspecified atom stereocenters. The number of esters is 1. The van der Waals surface area contributed by atoms with E-state index in [1.165, 1.54) is 11.3 Å². The van der Waals surface area contributed by atoms with Gasteiger partial charge in [-0.25, -0.2) is 4.79 Å². The Morgan fingerprint density at radius 2 is 2.14 bits per heavy atom. The number of hydrogen-bond acceptors (Lipinski definition) is 6. The van der Waals surface area contributed by atoms with Crippen molar-refractivity contribution in [3.63, 3.8) is 0 Å². The first-order valence-corrected chi connectivity index (χ1v) is 7.06. The number of carbonyl (C=O) groups excluding carboxylic acids is 1. The Morgan fingerprint density at radius 3 is 2.73 bits per heavy atom. The molecule has 0 aliphatic rings. The fourth-order valence-corrected chi connectivity index (χ4v) is 2.20. The highest BCUT2D eigenvalue weighted by molar-refractivity contribution is 7.13. The van der Waals surface area contributed by atoms with Crippen LogP contribution in [0.2, 0.25) is 0 Å². The molecule has 0 saturated carbocycles. The highest BCUT2D eigenvalue weighted by Gasteiger charge is 2.34. The summed E-state index contributed by atoms with van der Waals surface area (Å²) in [6.07, 6.45) is -4.64. The third-order valence-corrected chi connectivity index (χ3v) is 3.29. The first kappa shape index (κ1) is 16.2. The summed E-state index contributed by atoms with van der Waals surface area (Å²) in [6.45, 7) is 1.19. The number of halogens is 3. The maximum atomic E-state index is 12.9. The minimum absolute atomic E-state index is 0.0798. The molecule has 0 bridgehead atoms. The van der Waals surface area contributed by atoms with Gasteiger partial charge in [0.25, 0.3) is 0 Å². The molecule has 5 nitrogen and oxygen atoms in total. The average Bonchev–Trinajstić information content (AvgIpc) is 2.98. The molecule has 2 aromatic rings. The lowest BCUT2D eigenvalue weighted by Gasteiger charge is -2.10. The molecule has 0 aliphatic heterocycles. The van der Waals surface area contributed by atoms with Crippen molar-refractivity contribution in [2.45, 2.75) is 13.1 Å². The molecule has 0 aromatic carbocycles. The number of thiophene rings is 1. The van der Waals surface area contributed by atoms with Gasteiger partial charge in [-0.1, -0.05) is 6.07 Å². The van der Waals surface area contributed by atoms with Crippen molar-refractivity contribution in [3.05, 3.63) is 29.3 Å². The quantitative estimate of drug-likeness (QED) is 0.787. The van der Waals surface area contributed by atoms with E-state index in [0.29, 0.717) is 4.88 Å². The van der Waals surface area contributed by atoms with Gasteiger partial charge in [-0.15, -0.1) is 11.3 Å². The largest absolute Gasteiger partial charge is 0.463 e. The van der Waals surface area contributed by atoms with Crippen LogP contribution in [-0.4, -0.2) is 29.2 Å². The average molecular weight is 332 g/mol. The van der Waals surface area contributed by atoms with E-state index in [2.05, 4.69) is 14.7 Å². The SMILES string of the molecule is CCOC(=O)COc1nc(-c2cccs2)cc(C(F)(F)F)n1. The molecule has 0 spiro atoms. The minimum Gasteiger partial charge on any atom is -0.463 e. The van der Waals surface area contributed by atoms with Crippen LogP contribution in [0.5, 0.6) is 6.01 Å². The fourth-order valence-electron chi connectivity index (χ4n) is 1.51. The van der Waals surface area contributed by atoms with Crippen LogP contribution in [0.15, 0.2) is 23.6 Å². The van der Waals surface area contributed by atoms with Gasteiger partial charge in [0.15, 0.2) is 12.3 Å². The van der Waals surface area contributed by atoms with E-state index >= 15 is 0 Å². The van der Waals surface area contributed by atoms with E-state index < -0.39 is 30.5 Å². The van der Waals surface area contributed by atoms with Crippen molar-refractivity contribution in [3.8, 4) is 16.6 Å². The Bertz CT molecular complexity index is 644. The van der Waals surface area contributed by atoms with Crippen LogP contribution in [0, 0.1) is 0 Å². The number of alkyl halides is 3. The lowest BCUT2D eigenvalue weighted by molar-refractivity contribution is -0.145. The maximum Gasteiger partial charge on any atom is 0.433 e. The smallest absolute Gasteiger partial charge is 0.433 e. The van der Waals surface area contributed by atoms with Gasteiger partial charge in [0.2, 0.25) is 0 Å². The zero-order valence-electron chi connectivity index (χ0n) is 11.4. The molecule has 0 saturated heterocycles. The van der Waals surface area contributed by atoms with E-state index in [1.54, 1.807) is 24.4 Å². The number of ether oxygens (including phenoxy) is 2. The summed E-state index contributed by atoms with van der Waals surface area (Å²) in [7, 11) is 0. The molecule has 0 fully saturated rings. The van der Waals surface area contributed by atoms with E-state index in [9.17, 15) is 18.0 Å². The molecule has 2 rings (SSSR count). The molecule has 9 heteroatoms. The summed E-state index contributed by atoms with van der Waals surface area (Å²) < 4.78 is 48.2. The van der Waals surface area contributed by atoms with Crippen molar-refractivity contribution >= 4 is 17.3 Å². The van der Waals surface area contributed by atoms with Crippen LogP contribution >= 0.6 is 11.3 Å². The van der Waals surface area contributed by atoms with Crippen molar-refractivity contribution in [2.75, 3.05) is 13.2 Å². The third-order valence-electron chi connectivity index (χ3n) is 2.39. The number of aromatic nitrogens is 2. The summed E-state index contributed by atoms with van der Waals surface area (Å²) >= 11 is 1.23. The highest BCUT2D eigenvalue weighted by Crippen LogP contribution is 2.32. The molecule has 0 N–H and O–H groups in total. The van der Waals surface area contributed by atoms with Crippen LogP contribution in [0.25, 0.3) is 10.6 Å². The highest BCUT2D eigenvalue weighted by atomic mass is 32.1. The molecule has 2 heterocycles. The number of hydrogen-bond donors (Lipinski definition) is 0. The normalized spacial score (nSPS) is 11.3.